The van der Waals surface area contributed by atoms with Gasteiger partial charge in [-0.1, -0.05) is 0 Å². The minimum atomic E-state index is -4.40. The zero-order valence-corrected chi connectivity index (χ0v) is 8.62. The largest absolute Gasteiger partial charge is 0.448 e. The van der Waals surface area contributed by atoms with Crippen molar-refractivity contribution < 1.29 is 22.7 Å². The number of pyridine rings is 1. The van der Waals surface area contributed by atoms with Gasteiger partial charge in [0.25, 0.3) is 0 Å². The highest BCUT2D eigenvalue weighted by Gasteiger charge is 2.30. The van der Waals surface area contributed by atoms with Crippen LogP contribution in [-0.2, 0) is 10.9 Å². The number of halogens is 3. The van der Waals surface area contributed by atoms with Crippen molar-refractivity contribution >= 4 is 11.9 Å². The van der Waals surface area contributed by atoms with Gasteiger partial charge in [-0.05, 0) is 12.1 Å². The van der Waals surface area contributed by atoms with E-state index in [1.54, 1.807) is 0 Å². The van der Waals surface area contributed by atoms with Crippen molar-refractivity contribution in [3.63, 3.8) is 0 Å². The summed E-state index contributed by atoms with van der Waals surface area (Å²) in [6.07, 6.45) is -4.59. The summed E-state index contributed by atoms with van der Waals surface area (Å²) in [6, 6.07) is 2.09. The maximum atomic E-state index is 12.2. The maximum absolute atomic E-state index is 12.2. The van der Waals surface area contributed by atoms with Gasteiger partial charge in [-0.15, -0.1) is 0 Å². The predicted octanol–water partition coefficient (Wildman–Crippen LogP) is 1.61. The Morgan fingerprint density at radius 2 is 2.18 bits per heavy atom. The van der Waals surface area contributed by atoms with E-state index in [1.165, 1.54) is 6.07 Å². The smallest absolute Gasteiger partial charge is 0.417 e. The number of alkyl halides is 3. The van der Waals surface area contributed by atoms with Crippen LogP contribution in [0.1, 0.15) is 5.56 Å². The molecule has 1 rings (SSSR count). The summed E-state index contributed by atoms with van der Waals surface area (Å²) in [5.41, 5.74) is 3.89. The third-order valence-electron chi connectivity index (χ3n) is 1.74. The number of hydrogen-bond acceptors (Lipinski definition) is 4. The summed E-state index contributed by atoms with van der Waals surface area (Å²) in [7, 11) is 0. The van der Waals surface area contributed by atoms with Crippen LogP contribution >= 0.6 is 0 Å². The Kier molecular flexibility index (Phi) is 4.13. The number of nitrogens with one attached hydrogen (secondary N) is 1. The van der Waals surface area contributed by atoms with Gasteiger partial charge in [0.05, 0.1) is 12.1 Å². The summed E-state index contributed by atoms with van der Waals surface area (Å²) < 4.78 is 41.0. The summed E-state index contributed by atoms with van der Waals surface area (Å²) in [4.78, 5) is 13.8. The molecule has 0 bridgehead atoms. The molecule has 1 aromatic heterocycles. The molecular formula is C9H10F3N3O2. The number of nitrogens with two attached hydrogens (primary N) is 1. The van der Waals surface area contributed by atoms with E-state index < -0.39 is 17.8 Å². The zero-order chi connectivity index (χ0) is 12.9. The average molecular weight is 249 g/mol. The van der Waals surface area contributed by atoms with E-state index in [1.807, 2.05) is 0 Å². The highest BCUT2D eigenvalue weighted by atomic mass is 19.4. The molecule has 1 heterocycles. The van der Waals surface area contributed by atoms with Gasteiger partial charge in [-0.25, -0.2) is 9.78 Å². The van der Waals surface area contributed by atoms with Crippen molar-refractivity contribution in [3.05, 3.63) is 23.9 Å². The Morgan fingerprint density at radius 3 is 2.65 bits per heavy atom. The van der Waals surface area contributed by atoms with Gasteiger partial charge in [-0.3, -0.25) is 0 Å². The van der Waals surface area contributed by atoms with Crippen LogP contribution in [0.25, 0.3) is 0 Å². The molecule has 94 valence electrons. The van der Waals surface area contributed by atoms with Crippen molar-refractivity contribution in [1.29, 1.82) is 0 Å². The molecule has 0 radical (unpaired) electrons. The van der Waals surface area contributed by atoms with E-state index in [-0.39, 0.29) is 19.0 Å². The molecular weight excluding hydrogens is 239 g/mol. The van der Waals surface area contributed by atoms with Gasteiger partial charge in [0.2, 0.25) is 0 Å². The summed E-state index contributed by atoms with van der Waals surface area (Å²) in [5, 5.41) is 2.67. The van der Waals surface area contributed by atoms with Gasteiger partial charge < -0.3 is 15.8 Å². The number of ether oxygens (including phenoxy) is 1. The lowest BCUT2D eigenvalue weighted by atomic mass is 10.3. The Bertz CT molecular complexity index is 378. The van der Waals surface area contributed by atoms with Crippen molar-refractivity contribution in [1.82, 2.24) is 4.98 Å². The van der Waals surface area contributed by atoms with E-state index >= 15 is 0 Å². The van der Waals surface area contributed by atoms with E-state index in [0.717, 1.165) is 12.3 Å². The Hall–Kier alpha value is -1.99. The second-order valence-corrected chi connectivity index (χ2v) is 3.02. The minimum Gasteiger partial charge on any atom is -0.448 e. The lowest BCUT2D eigenvalue weighted by Crippen LogP contribution is -2.18. The third-order valence-corrected chi connectivity index (χ3v) is 1.74. The second kappa shape index (κ2) is 5.37. The lowest BCUT2D eigenvalue weighted by Gasteiger charge is -2.08. The molecule has 1 aromatic rings. The summed E-state index contributed by atoms with van der Waals surface area (Å²) in [6.45, 7) is 0.222. The third kappa shape index (κ3) is 4.58. The van der Waals surface area contributed by atoms with Crippen LogP contribution in [0.15, 0.2) is 18.3 Å². The Labute approximate surface area is 94.8 Å². The van der Waals surface area contributed by atoms with Crippen LogP contribution < -0.4 is 11.1 Å². The van der Waals surface area contributed by atoms with E-state index in [4.69, 9.17) is 5.73 Å². The van der Waals surface area contributed by atoms with Crippen LogP contribution in [0.4, 0.5) is 23.8 Å². The number of primary amides is 1. The number of aromatic nitrogens is 1. The Morgan fingerprint density at radius 1 is 1.47 bits per heavy atom. The fourth-order valence-electron chi connectivity index (χ4n) is 0.997. The van der Waals surface area contributed by atoms with E-state index in [9.17, 15) is 18.0 Å². The fourth-order valence-corrected chi connectivity index (χ4v) is 0.997. The molecule has 0 saturated carbocycles. The van der Waals surface area contributed by atoms with Crippen LogP contribution in [-0.4, -0.2) is 24.2 Å². The molecule has 1 amide bonds. The molecule has 0 saturated heterocycles. The lowest BCUT2D eigenvalue weighted by molar-refractivity contribution is -0.137. The number of rotatable bonds is 4. The maximum Gasteiger partial charge on any atom is 0.417 e. The van der Waals surface area contributed by atoms with Gasteiger partial charge in [0, 0.05) is 6.20 Å². The quantitative estimate of drug-likeness (QED) is 0.794. The van der Waals surface area contributed by atoms with Crippen LogP contribution in [0.5, 0.6) is 0 Å². The second-order valence-electron chi connectivity index (χ2n) is 3.02. The van der Waals surface area contributed by atoms with Crippen molar-refractivity contribution in [3.8, 4) is 0 Å². The van der Waals surface area contributed by atoms with Gasteiger partial charge in [0.1, 0.15) is 12.4 Å². The molecule has 3 N–H and O–H groups in total. The summed E-state index contributed by atoms with van der Waals surface area (Å²) in [5.74, 6) is 0.256. The molecule has 8 heteroatoms. The molecule has 0 aliphatic rings. The number of anilines is 1. The first-order chi connectivity index (χ1) is 7.89. The van der Waals surface area contributed by atoms with Gasteiger partial charge >= 0.3 is 12.3 Å². The molecule has 0 aliphatic carbocycles. The predicted molar refractivity (Wildman–Crippen MR) is 53.3 cm³/mol. The molecule has 0 aliphatic heterocycles. The van der Waals surface area contributed by atoms with Gasteiger partial charge in [-0.2, -0.15) is 13.2 Å². The normalized spacial score (nSPS) is 11.0. The number of hydrogen-bond donors (Lipinski definition) is 2. The number of carbonyl (C=O) groups excluding carboxylic acids is 1. The minimum absolute atomic E-state index is 0.0119. The van der Waals surface area contributed by atoms with Crippen LogP contribution in [0.3, 0.4) is 0 Å². The van der Waals surface area contributed by atoms with Crippen molar-refractivity contribution in [2.24, 2.45) is 5.73 Å². The average Bonchev–Trinajstić information content (AvgIpc) is 2.23. The molecule has 0 spiro atoms. The topological polar surface area (TPSA) is 77.2 Å². The SMILES string of the molecule is NC(=O)OCCNc1ccc(C(F)(F)F)cn1. The Balaban J connectivity index is 2.43. The number of carbonyl (C=O) groups is 1. The van der Waals surface area contributed by atoms with Crippen molar-refractivity contribution in [2.45, 2.75) is 6.18 Å². The summed E-state index contributed by atoms with van der Waals surface area (Å²) >= 11 is 0. The first-order valence-electron chi connectivity index (χ1n) is 4.59. The van der Waals surface area contributed by atoms with Crippen LogP contribution in [0.2, 0.25) is 0 Å². The highest BCUT2D eigenvalue weighted by molar-refractivity contribution is 5.64. The number of nitrogens with zero attached hydrogens (tertiary/aromatic N) is 1. The van der Waals surface area contributed by atoms with Crippen molar-refractivity contribution in [2.75, 3.05) is 18.5 Å². The standard InChI is InChI=1S/C9H10F3N3O2/c10-9(11,12)6-1-2-7(15-5-6)14-3-4-17-8(13)16/h1-2,5H,3-4H2,(H2,13,16)(H,14,15). The molecule has 0 aromatic carbocycles. The van der Waals surface area contributed by atoms with E-state index in [0.29, 0.717) is 0 Å². The number of amides is 1. The molecule has 5 nitrogen and oxygen atoms in total. The monoisotopic (exact) mass is 249 g/mol. The molecule has 0 fully saturated rings. The fraction of sp³-hybridized carbons (Fsp3) is 0.333. The first-order valence-corrected chi connectivity index (χ1v) is 4.59. The zero-order valence-electron chi connectivity index (χ0n) is 8.62. The first kappa shape index (κ1) is 13.1. The van der Waals surface area contributed by atoms with E-state index in [2.05, 4.69) is 15.0 Å². The highest BCUT2D eigenvalue weighted by Crippen LogP contribution is 2.28. The van der Waals surface area contributed by atoms with Gasteiger partial charge in [0.15, 0.2) is 0 Å². The molecule has 0 unspecified atom stereocenters. The molecule has 17 heavy (non-hydrogen) atoms. The molecule has 0 atom stereocenters. The van der Waals surface area contributed by atoms with Crippen LogP contribution in [0, 0.1) is 0 Å².